The van der Waals surface area contributed by atoms with Crippen LogP contribution in [-0.2, 0) is 0 Å². The van der Waals surface area contributed by atoms with Crippen molar-refractivity contribution in [3.63, 3.8) is 0 Å². The quantitative estimate of drug-likeness (QED) is 0.382. The smallest absolute Gasteiger partial charge is 0.337 e. The molecule has 20 heavy (non-hydrogen) atoms. The Labute approximate surface area is 113 Å². The van der Waals surface area contributed by atoms with Crippen LogP contribution in [0, 0.1) is 0 Å². The largest absolute Gasteiger partial charge is 0.504 e. The highest BCUT2D eigenvalue weighted by Crippen LogP contribution is 2.23. The van der Waals surface area contributed by atoms with Gasteiger partial charge in [-0.25, -0.2) is 9.78 Å². The zero-order valence-corrected chi connectivity index (χ0v) is 10.2. The van der Waals surface area contributed by atoms with Gasteiger partial charge >= 0.3 is 5.97 Å². The average Bonchev–Trinajstić information content (AvgIpc) is 2.43. The zero-order chi connectivity index (χ0) is 14.5. The van der Waals surface area contributed by atoms with Crippen LogP contribution in [0.2, 0.25) is 0 Å². The fraction of sp³-hybridized carbons (Fsp3) is 0. The molecule has 0 aliphatic heterocycles. The Morgan fingerprint density at radius 2 is 2.00 bits per heavy atom. The first-order valence-electron chi connectivity index (χ1n) is 5.56. The van der Waals surface area contributed by atoms with Crippen LogP contribution in [0.25, 0.3) is 0 Å². The number of nitrogens with one attached hydrogen (secondary N) is 1. The molecular formula is C13H11N3O4. The molecule has 0 aliphatic rings. The number of hydrogen-bond acceptors (Lipinski definition) is 6. The fourth-order valence-corrected chi connectivity index (χ4v) is 1.38. The van der Waals surface area contributed by atoms with Crippen molar-refractivity contribution in [2.24, 2.45) is 5.10 Å². The highest BCUT2D eigenvalue weighted by atomic mass is 16.4. The summed E-state index contributed by atoms with van der Waals surface area (Å²) in [5.74, 6) is -1.11. The van der Waals surface area contributed by atoms with Crippen LogP contribution in [0.1, 0.15) is 15.9 Å². The number of phenols is 2. The average molecular weight is 273 g/mol. The van der Waals surface area contributed by atoms with Crippen molar-refractivity contribution in [2.45, 2.75) is 0 Å². The molecule has 0 fully saturated rings. The Bertz CT molecular complexity index is 653. The number of aromatic nitrogens is 1. The van der Waals surface area contributed by atoms with Crippen LogP contribution in [0.15, 0.2) is 41.6 Å². The Hall–Kier alpha value is -3.09. The molecule has 7 heteroatoms. The predicted molar refractivity (Wildman–Crippen MR) is 72.2 cm³/mol. The number of hydrazone groups is 1. The Morgan fingerprint density at radius 3 is 2.60 bits per heavy atom. The molecule has 7 nitrogen and oxygen atoms in total. The number of aromatic hydroxyl groups is 2. The first-order chi connectivity index (χ1) is 9.56. The van der Waals surface area contributed by atoms with Gasteiger partial charge in [-0.15, -0.1) is 0 Å². The number of benzene rings is 1. The van der Waals surface area contributed by atoms with E-state index in [0.29, 0.717) is 11.4 Å². The van der Waals surface area contributed by atoms with Gasteiger partial charge in [-0.2, -0.15) is 5.10 Å². The lowest BCUT2D eigenvalue weighted by Gasteiger charge is -2.00. The van der Waals surface area contributed by atoms with Crippen LogP contribution in [0.3, 0.4) is 0 Å². The van der Waals surface area contributed by atoms with Gasteiger partial charge in [0, 0.05) is 6.20 Å². The van der Waals surface area contributed by atoms with Crippen LogP contribution < -0.4 is 5.43 Å². The van der Waals surface area contributed by atoms with Crippen molar-refractivity contribution in [3.05, 3.63) is 47.7 Å². The molecule has 0 saturated heterocycles. The Kier molecular flexibility index (Phi) is 3.80. The summed E-state index contributed by atoms with van der Waals surface area (Å²) >= 11 is 0. The number of anilines is 1. The molecule has 0 bridgehead atoms. The maximum Gasteiger partial charge on any atom is 0.337 e. The molecule has 102 valence electrons. The van der Waals surface area contributed by atoms with E-state index in [9.17, 15) is 9.90 Å². The van der Waals surface area contributed by atoms with Crippen molar-refractivity contribution in [1.82, 2.24) is 4.98 Å². The zero-order valence-electron chi connectivity index (χ0n) is 10.2. The van der Waals surface area contributed by atoms with E-state index in [1.807, 2.05) is 0 Å². The van der Waals surface area contributed by atoms with Gasteiger partial charge in [0.25, 0.3) is 0 Å². The van der Waals surface area contributed by atoms with Gasteiger partial charge in [-0.1, -0.05) is 0 Å². The molecular weight excluding hydrogens is 262 g/mol. The maximum absolute atomic E-state index is 10.6. The van der Waals surface area contributed by atoms with Crippen LogP contribution in [0.5, 0.6) is 11.5 Å². The third-order valence-corrected chi connectivity index (χ3v) is 2.40. The summed E-state index contributed by atoms with van der Waals surface area (Å²) < 4.78 is 0. The minimum absolute atomic E-state index is 0.0861. The minimum atomic E-state index is -1.05. The molecule has 0 saturated carbocycles. The van der Waals surface area contributed by atoms with Crippen LogP contribution in [0.4, 0.5) is 5.82 Å². The second kappa shape index (κ2) is 5.70. The van der Waals surface area contributed by atoms with Crippen molar-refractivity contribution in [3.8, 4) is 11.5 Å². The number of carbonyl (C=O) groups is 1. The Balaban J connectivity index is 2.02. The monoisotopic (exact) mass is 273 g/mol. The summed E-state index contributed by atoms with van der Waals surface area (Å²) in [6.07, 6.45) is 2.64. The molecule has 0 aliphatic carbocycles. The summed E-state index contributed by atoms with van der Waals surface area (Å²) in [6, 6.07) is 7.15. The topological polar surface area (TPSA) is 115 Å². The molecule has 1 aromatic carbocycles. The standard InChI is InChI=1S/C13H11N3O4/c17-10-3-1-8(5-11(10)18)6-15-16-12-4-2-9(7-14-12)13(19)20/h1-7,17-18H,(H,14,16)(H,19,20)/b15-6+. The molecule has 0 atom stereocenters. The van der Waals surface area contributed by atoms with Gasteiger partial charge in [-0.05, 0) is 35.9 Å². The Morgan fingerprint density at radius 1 is 1.20 bits per heavy atom. The van der Waals surface area contributed by atoms with Crippen LogP contribution >= 0.6 is 0 Å². The number of rotatable bonds is 4. The summed E-state index contributed by atoms with van der Waals surface area (Å²) in [6.45, 7) is 0. The van der Waals surface area contributed by atoms with E-state index in [0.717, 1.165) is 0 Å². The van der Waals surface area contributed by atoms with Crippen LogP contribution in [-0.4, -0.2) is 32.5 Å². The summed E-state index contributed by atoms with van der Waals surface area (Å²) in [5.41, 5.74) is 3.28. The highest BCUT2D eigenvalue weighted by Gasteiger charge is 2.02. The SMILES string of the molecule is O=C(O)c1ccc(N/N=C/c2ccc(O)c(O)c2)nc1. The lowest BCUT2D eigenvalue weighted by Crippen LogP contribution is -1.99. The molecule has 1 aromatic heterocycles. The number of carboxylic acids is 1. The highest BCUT2D eigenvalue weighted by molar-refractivity contribution is 5.87. The van der Waals surface area contributed by atoms with Gasteiger partial charge < -0.3 is 15.3 Å². The summed E-state index contributed by atoms with van der Waals surface area (Å²) in [7, 11) is 0. The van der Waals surface area contributed by atoms with Gasteiger partial charge in [0.05, 0.1) is 11.8 Å². The second-order valence-electron chi connectivity index (χ2n) is 3.86. The lowest BCUT2D eigenvalue weighted by atomic mass is 10.2. The lowest BCUT2D eigenvalue weighted by molar-refractivity contribution is 0.0696. The van der Waals surface area contributed by atoms with Gasteiger partial charge in [0.1, 0.15) is 5.82 Å². The molecule has 0 unspecified atom stereocenters. The van der Waals surface area contributed by atoms with Gasteiger partial charge in [0.2, 0.25) is 0 Å². The molecule has 4 N–H and O–H groups in total. The number of nitrogens with zero attached hydrogens (tertiary/aromatic N) is 2. The van der Waals surface area contributed by atoms with Crippen molar-refractivity contribution >= 4 is 18.0 Å². The molecule has 0 radical (unpaired) electrons. The summed E-state index contributed by atoms with van der Waals surface area (Å²) in [4.78, 5) is 14.5. The summed E-state index contributed by atoms with van der Waals surface area (Å²) in [5, 5.41) is 31.0. The van der Waals surface area contributed by atoms with E-state index >= 15 is 0 Å². The number of carboxylic acid groups (broad SMARTS) is 1. The van der Waals surface area contributed by atoms with Crippen molar-refractivity contribution in [1.29, 1.82) is 0 Å². The number of phenolic OH excluding ortho intramolecular Hbond substituents is 2. The molecule has 2 rings (SSSR count). The van der Waals surface area contributed by atoms with E-state index in [1.54, 1.807) is 6.07 Å². The van der Waals surface area contributed by atoms with E-state index in [2.05, 4.69) is 15.5 Å². The van der Waals surface area contributed by atoms with Gasteiger partial charge in [0.15, 0.2) is 11.5 Å². The first kappa shape index (κ1) is 13.3. The van der Waals surface area contributed by atoms with E-state index in [1.165, 1.54) is 36.7 Å². The van der Waals surface area contributed by atoms with Crippen molar-refractivity contribution < 1.29 is 20.1 Å². The van der Waals surface area contributed by atoms with E-state index in [-0.39, 0.29) is 17.1 Å². The molecule has 0 amide bonds. The number of aromatic carboxylic acids is 1. The third-order valence-electron chi connectivity index (χ3n) is 2.40. The maximum atomic E-state index is 10.6. The number of pyridine rings is 1. The second-order valence-corrected chi connectivity index (χ2v) is 3.86. The molecule has 2 aromatic rings. The normalized spacial score (nSPS) is 10.6. The third kappa shape index (κ3) is 3.22. The molecule has 1 heterocycles. The number of hydrogen-bond donors (Lipinski definition) is 4. The van der Waals surface area contributed by atoms with Crippen molar-refractivity contribution in [2.75, 3.05) is 5.43 Å². The van der Waals surface area contributed by atoms with E-state index in [4.69, 9.17) is 10.2 Å². The fourth-order valence-electron chi connectivity index (χ4n) is 1.38. The predicted octanol–water partition coefficient (Wildman–Crippen LogP) is 1.64. The minimum Gasteiger partial charge on any atom is -0.504 e. The molecule has 0 spiro atoms. The van der Waals surface area contributed by atoms with E-state index < -0.39 is 5.97 Å². The first-order valence-corrected chi connectivity index (χ1v) is 5.56. The van der Waals surface area contributed by atoms with Gasteiger partial charge in [-0.3, -0.25) is 5.43 Å².